The molecule has 0 aliphatic carbocycles. The predicted molar refractivity (Wildman–Crippen MR) is 81.8 cm³/mol. The fraction of sp³-hybridized carbons (Fsp3) is 0.500. The molecule has 0 radical (unpaired) electrons. The van der Waals surface area contributed by atoms with E-state index in [0.717, 1.165) is 38.2 Å². The molecule has 0 bridgehead atoms. The summed E-state index contributed by atoms with van der Waals surface area (Å²) >= 11 is 0. The van der Waals surface area contributed by atoms with E-state index in [2.05, 4.69) is 17.1 Å². The molecular weight excluding hydrogens is 266 g/mol. The van der Waals surface area contributed by atoms with Crippen molar-refractivity contribution in [2.24, 2.45) is 0 Å². The van der Waals surface area contributed by atoms with Crippen molar-refractivity contribution in [3.05, 3.63) is 29.3 Å². The summed E-state index contributed by atoms with van der Waals surface area (Å²) < 4.78 is 0. The molecular formula is C16H21N3O2. The Morgan fingerprint density at radius 2 is 2.00 bits per heavy atom. The van der Waals surface area contributed by atoms with Gasteiger partial charge in [-0.25, -0.2) is 0 Å². The molecule has 1 aromatic carbocycles. The van der Waals surface area contributed by atoms with Gasteiger partial charge in [0.25, 0.3) is 11.8 Å². The van der Waals surface area contributed by atoms with Crippen LogP contribution in [0.1, 0.15) is 40.5 Å². The minimum atomic E-state index is -0.203. The first-order chi connectivity index (χ1) is 10.1. The number of amides is 2. The van der Waals surface area contributed by atoms with Crippen LogP contribution in [0.25, 0.3) is 0 Å². The minimum absolute atomic E-state index is 0.197. The van der Waals surface area contributed by atoms with Crippen LogP contribution in [-0.2, 0) is 0 Å². The molecule has 2 aliphatic rings. The van der Waals surface area contributed by atoms with Crippen molar-refractivity contribution in [3.8, 4) is 0 Å². The van der Waals surface area contributed by atoms with E-state index in [1.165, 1.54) is 11.9 Å². The molecule has 1 unspecified atom stereocenters. The second kappa shape index (κ2) is 5.48. The van der Waals surface area contributed by atoms with Gasteiger partial charge < -0.3 is 10.2 Å². The first kappa shape index (κ1) is 14.1. The van der Waals surface area contributed by atoms with Crippen LogP contribution in [0, 0.1) is 0 Å². The van der Waals surface area contributed by atoms with Gasteiger partial charge in [0, 0.05) is 31.9 Å². The van der Waals surface area contributed by atoms with E-state index in [9.17, 15) is 9.59 Å². The Hall–Kier alpha value is -1.88. The molecule has 0 aromatic heterocycles. The third-order valence-corrected chi connectivity index (χ3v) is 4.31. The molecule has 5 heteroatoms. The maximum atomic E-state index is 12.1. The lowest BCUT2D eigenvalue weighted by atomic mass is 10.1. The van der Waals surface area contributed by atoms with Crippen molar-refractivity contribution in [3.63, 3.8) is 0 Å². The minimum Gasteiger partial charge on any atom is -0.370 e. The van der Waals surface area contributed by atoms with E-state index in [0.29, 0.717) is 17.2 Å². The maximum absolute atomic E-state index is 12.1. The highest BCUT2D eigenvalue weighted by Gasteiger charge is 2.33. The lowest BCUT2D eigenvalue weighted by Crippen LogP contribution is -2.33. The SMILES string of the molecule is CCCNC1CCN(c2ccc3c(c2)C(=O)N(C)C3=O)C1. The second-order valence-corrected chi connectivity index (χ2v) is 5.78. The molecule has 2 aliphatic heterocycles. The van der Waals surface area contributed by atoms with Gasteiger partial charge in [-0.2, -0.15) is 0 Å². The summed E-state index contributed by atoms with van der Waals surface area (Å²) in [5, 5.41) is 3.54. The van der Waals surface area contributed by atoms with Crippen LogP contribution in [0.2, 0.25) is 0 Å². The number of fused-ring (bicyclic) bond motifs is 1. The van der Waals surface area contributed by atoms with E-state index in [4.69, 9.17) is 0 Å². The molecule has 3 rings (SSSR count). The van der Waals surface area contributed by atoms with Crippen molar-refractivity contribution < 1.29 is 9.59 Å². The molecule has 1 atom stereocenters. The van der Waals surface area contributed by atoms with Crippen LogP contribution in [0.3, 0.4) is 0 Å². The van der Waals surface area contributed by atoms with Crippen LogP contribution in [-0.4, -0.2) is 49.4 Å². The van der Waals surface area contributed by atoms with Gasteiger partial charge in [0.05, 0.1) is 11.1 Å². The molecule has 0 saturated carbocycles. The fourth-order valence-corrected chi connectivity index (χ4v) is 3.06. The Morgan fingerprint density at radius 3 is 2.76 bits per heavy atom. The number of carbonyl (C=O) groups excluding carboxylic acids is 2. The van der Waals surface area contributed by atoms with Gasteiger partial charge in [-0.1, -0.05) is 6.92 Å². The lowest BCUT2D eigenvalue weighted by molar-refractivity contribution is 0.0693. The topological polar surface area (TPSA) is 52.7 Å². The number of imide groups is 1. The molecule has 5 nitrogen and oxygen atoms in total. The predicted octanol–water partition coefficient (Wildman–Crippen LogP) is 1.49. The summed E-state index contributed by atoms with van der Waals surface area (Å²) in [6.07, 6.45) is 2.25. The number of hydrogen-bond donors (Lipinski definition) is 1. The van der Waals surface area contributed by atoms with Gasteiger partial charge in [0.1, 0.15) is 0 Å². The summed E-state index contributed by atoms with van der Waals surface area (Å²) in [6.45, 7) is 5.15. The molecule has 2 amide bonds. The Labute approximate surface area is 124 Å². The molecule has 112 valence electrons. The van der Waals surface area contributed by atoms with Crippen LogP contribution < -0.4 is 10.2 Å². The highest BCUT2D eigenvalue weighted by molar-refractivity contribution is 6.21. The fourth-order valence-electron chi connectivity index (χ4n) is 3.06. The highest BCUT2D eigenvalue weighted by atomic mass is 16.2. The highest BCUT2D eigenvalue weighted by Crippen LogP contribution is 2.28. The molecule has 1 N–H and O–H groups in total. The van der Waals surface area contributed by atoms with Gasteiger partial charge in [-0.3, -0.25) is 14.5 Å². The lowest BCUT2D eigenvalue weighted by Gasteiger charge is -2.19. The number of nitrogens with zero attached hydrogens (tertiary/aromatic N) is 2. The van der Waals surface area contributed by atoms with Crippen molar-refractivity contribution in [1.82, 2.24) is 10.2 Å². The summed E-state index contributed by atoms with van der Waals surface area (Å²) in [5.74, 6) is -0.401. The van der Waals surface area contributed by atoms with E-state index in [1.807, 2.05) is 12.1 Å². The number of anilines is 1. The molecule has 1 fully saturated rings. The molecule has 2 heterocycles. The average Bonchev–Trinajstić information content (AvgIpc) is 3.05. The Bertz CT molecular complexity index is 585. The number of carbonyl (C=O) groups is 2. The summed E-state index contributed by atoms with van der Waals surface area (Å²) in [4.78, 5) is 27.4. The maximum Gasteiger partial charge on any atom is 0.261 e. The summed E-state index contributed by atoms with van der Waals surface area (Å²) in [5.41, 5.74) is 2.09. The first-order valence-corrected chi connectivity index (χ1v) is 7.56. The first-order valence-electron chi connectivity index (χ1n) is 7.56. The zero-order valence-electron chi connectivity index (χ0n) is 12.6. The number of nitrogens with one attached hydrogen (secondary N) is 1. The van der Waals surface area contributed by atoms with Crippen molar-refractivity contribution in [1.29, 1.82) is 0 Å². The van der Waals surface area contributed by atoms with E-state index in [1.54, 1.807) is 6.07 Å². The summed E-state index contributed by atoms with van der Waals surface area (Å²) in [7, 11) is 1.53. The average molecular weight is 287 g/mol. The van der Waals surface area contributed by atoms with Gasteiger partial charge in [0.2, 0.25) is 0 Å². The monoisotopic (exact) mass is 287 g/mol. The standard InChI is InChI=1S/C16H21N3O2/c1-3-7-17-11-6-8-19(10-11)12-4-5-13-14(9-12)16(21)18(2)15(13)20/h4-5,9,11,17H,3,6-8,10H2,1-2H3. The quantitative estimate of drug-likeness (QED) is 0.853. The Kier molecular flexibility index (Phi) is 3.68. The van der Waals surface area contributed by atoms with Crippen LogP contribution in [0.15, 0.2) is 18.2 Å². The smallest absolute Gasteiger partial charge is 0.261 e. The summed E-state index contributed by atoms with van der Waals surface area (Å²) in [6, 6.07) is 6.10. The van der Waals surface area contributed by atoms with Crippen molar-refractivity contribution >= 4 is 17.5 Å². The van der Waals surface area contributed by atoms with E-state index < -0.39 is 0 Å². The number of benzene rings is 1. The largest absolute Gasteiger partial charge is 0.370 e. The van der Waals surface area contributed by atoms with Crippen LogP contribution in [0.5, 0.6) is 0 Å². The molecule has 0 spiro atoms. The second-order valence-electron chi connectivity index (χ2n) is 5.78. The zero-order chi connectivity index (χ0) is 15.0. The number of hydrogen-bond acceptors (Lipinski definition) is 4. The molecule has 21 heavy (non-hydrogen) atoms. The Morgan fingerprint density at radius 1 is 1.24 bits per heavy atom. The Balaban J connectivity index is 1.77. The van der Waals surface area contributed by atoms with Gasteiger partial charge in [0.15, 0.2) is 0 Å². The van der Waals surface area contributed by atoms with Gasteiger partial charge >= 0.3 is 0 Å². The van der Waals surface area contributed by atoms with Gasteiger partial charge in [-0.15, -0.1) is 0 Å². The van der Waals surface area contributed by atoms with Crippen molar-refractivity contribution in [2.75, 3.05) is 31.6 Å². The van der Waals surface area contributed by atoms with Crippen LogP contribution in [0.4, 0.5) is 5.69 Å². The zero-order valence-corrected chi connectivity index (χ0v) is 12.6. The number of rotatable bonds is 4. The molecule has 1 aromatic rings. The third kappa shape index (κ3) is 2.42. The van der Waals surface area contributed by atoms with E-state index >= 15 is 0 Å². The third-order valence-electron chi connectivity index (χ3n) is 4.31. The van der Waals surface area contributed by atoms with Gasteiger partial charge in [-0.05, 0) is 37.6 Å². The van der Waals surface area contributed by atoms with E-state index in [-0.39, 0.29) is 11.8 Å². The normalized spacial score (nSPS) is 21.3. The van der Waals surface area contributed by atoms with Crippen LogP contribution >= 0.6 is 0 Å². The van der Waals surface area contributed by atoms with Crippen molar-refractivity contribution in [2.45, 2.75) is 25.8 Å². The molecule has 1 saturated heterocycles.